The maximum atomic E-state index is 13.1. The van der Waals surface area contributed by atoms with E-state index in [1.165, 1.54) is 0 Å². The van der Waals surface area contributed by atoms with Crippen molar-refractivity contribution < 1.29 is 8.42 Å². The van der Waals surface area contributed by atoms with Gasteiger partial charge in [-0.1, -0.05) is 17.7 Å². The van der Waals surface area contributed by atoms with Crippen LogP contribution in [0.15, 0.2) is 29.2 Å². The molecule has 0 aliphatic carbocycles. The Morgan fingerprint density at radius 1 is 1.16 bits per heavy atom. The normalized spacial score (nSPS) is 16.4. The molecular formula is C17H23ClN4O2S. The van der Waals surface area contributed by atoms with Crippen molar-refractivity contribution in [2.75, 3.05) is 31.1 Å². The second-order valence-corrected chi connectivity index (χ2v) is 8.50. The Labute approximate surface area is 154 Å². The lowest BCUT2D eigenvalue weighted by molar-refractivity contribution is 0.384. The molecule has 1 fully saturated rings. The maximum Gasteiger partial charge on any atom is 0.246 e. The second-order valence-electron chi connectivity index (χ2n) is 6.19. The zero-order chi connectivity index (χ0) is 18.2. The molecule has 1 aliphatic rings. The van der Waals surface area contributed by atoms with Crippen LogP contribution in [-0.2, 0) is 16.6 Å². The predicted molar refractivity (Wildman–Crippen MR) is 99.8 cm³/mol. The van der Waals surface area contributed by atoms with E-state index in [2.05, 4.69) is 10.00 Å². The average Bonchev–Trinajstić information content (AvgIpc) is 2.89. The van der Waals surface area contributed by atoms with Crippen LogP contribution in [-0.4, -0.2) is 48.7 Å². The summed E-state index contributed by atoms with van der Waals surface area (Å²) in [7, 11) is -3.53. The van der Waals surface area contributed by atoms with Crippen LogP contribution < -0.4 is 4.90 Å². The van der Waals surface area contributed by atoms with Crippen molar-refractivity contribution in [2.45, 2.75) is 32.2 Å². The number of nitrogens with zero attached hydrogens (tertiary/aromatic N) is 4. The summed E-state index contributed by atoms with van der Waals surface area (Å²) in [6, 6.07) is 7.65. The number of benzene rings is 1. The quantitative estimate of drug-likeness (QED) is 0.815. The molecule has 1 aliphatic heterocycles. The highest BCUT2D eigenvalue weighted by atomic mass is 35.5. The number of aryl methyl sites for hydroxylation is 2. The van der Waals surface area contributed by atoms with E-state index < -0.39 is 10.0 Å². The van der Waals surface area contributed by atoms with E-state index in [0.717, 1.165) is 5.69 Å². The van der Waals surface area contributed by atoms with Crippen molar-refractivity contribution >= 4 is 27.3 Å². The van der Waals surface area contributed by atoms with Crippen LogP contribution in [0.3, 0.4) is 0 Å². The van der Waals surface area contributed by atoms with Crippen molar-refractivity contribution in [3.8, 4) is 0 Å². The van der Waals surface area contributed by atoms with Crippen LogP contribution in [0.4, 0.5) is 5.69 Å². The van der Waals surface area contributed by atoms with Crippen LogP contribution >= 0.6 is 11.6 Å². The van der Waals surface area contributed by atoms with Crippen LogP contribution in [0.5, 0.6) is 0 Å². The van der Waals surface area contributed by atoms with Crippen molar-refractivity contribution in [1.82, 2.24) is 14.1 Å². The highest BCUT2D eigenvalue weighted by Gasteiger charge is 2.33. The minimum absolute atomic E-state index is 0.352. The summed E-state index contributed by atoms with van der Waals surface area (Å²) in [6.07, 6.45) is 0. The van der Waals surface area contributed by atoms with Gasteiger partial charge >= 0.3 is 0 Å². The number of piperazine rings is 1. The Bertz CT molecular complexity index is 871. The maximum absolute atomic E-state index is 13.1. The molecule has 1 saturated heterocycles. The van der Waals surface area contributed by atoms with Crippen LogP contribution in [0.25, 0.3) is 0 Å². The molecule has 0 bridgehead atoms. The largest absolute Gasteiger partial charge is 0.369 e. The number of halogens is 1. The average molecular weight is 383 g/mol. The first-order chi connectivity index (χ1) is 11.8. The monoisotopic (exact) mass is 382 g/mol. The van der Waals surface area contributed by atoms with Gasteiger partial charge in [-0.15, -0.1) is 0 Å². The second kappa shape index (κ2) is 6.97. The molecule has 0 amide bonds. The topological polar surface area (TPSA) is 58.4 Å². The zero-order valence-corrected chi connectivity index (χ0v) is 16.3. The minimum Gasteiger partial charge on any atom is -0.369 e. The number of sulfonamides is 1. The Hall–Kier alpha value is -1.57. The third kappa shape index (κ3) is 3.41. The lowest BCUT2D eigenvalue weighted by Gasteiger charge is -2.35. The van der Waals surface area contributed by atoms with Gasteiger partial charge in [0.1, 0.15) is 4.90 Å². The molecule has 0 atom stereocenters. The number of aromatic nitrogens is 2. The molecular weight excluding hydrogens is 360 g/mol. The van der Waals surface area contributed by atoms with Gasteiger partial charge in [0.15, 0.2) is 0 Å². The standard InChI is InChI=1S/C17H23ClN4O2S/c1-4-22-14(3)17(13(2)19-22)25(23,24)21-10-8-20(9-11-21)16-7-5-6-15(18)12-16/h5-7,12H,4,8-11H2,1-3H3. The first-order valence-corrected chi connectivity index (χ1v) is 10.2. The summed E-state index contributed by atoms with van der Waals surface area (Å²) in [5.74, 6) is 0. The summed E-state index contributed by atoms with van der Waals surface area (Å²) in [6.45, 7) is 8.37. The molecule has 2 aromatic rings. The SMILES string of the molecule is CCn1nc(C)c(S(=O)(=O)N2CCN(c3cccc(Cl)c3)CC2)c1C. The van der Waals surface area contributed by atoms with Gasteiger partial charge in [0.2, 0.25) is 10.0 Å². The van der Waals surface area contributed by atoms with Crippen molar-refractivity contribution in [3.05, 3.63) is 40.7 Å². The van der Waals surface area contributed by atoms with Gasteiger partial charge in [-0.2, -0.15) is 9.40 Å². The molecule has 0 unspecified atom stereocenters. The van der Waals surface area contributed by atoms with Crippen molar-refractivity contribution in [3.63, 3.8) is 0 Å². The lowest BCUT2D eigenvalue weighted by Crippen LogP contribution is -2.48. The van der Waals surface area contributed by atoms with E-state index in [4.69, 9.17) is 11.6 Å². The zero-order valence-electron chi connectivity index (χ0n) is 14.7. The van der Waals surface area contributed by atoms with Gasteiger partial charge in [0, 0.05) is 43.4 Å². The molecule has 25 heavy (non-hydrogen) atoms. The summed E-state index contributed by atoms with van der Waals surface area (Å²) < 4.78 is 29.5. The van der Waals surface area contributed by atoms with E-state index in [1.54, 1.807) is 15.9 Å². The van der Waals surface area contributed by atoms with E-state index >= 15 is 0 Å². The molecule has 0 saturated carbocycles. The minimum atomic E-state index is -3.53. The summed E-state index contributed by atoms with van der Waals surface area (Å²) in [5.41, 5.74) is 2.30. The van der Waals surface area contributed by atoms with E-state index in [-0.39, 0.29) is 0 Å². The molecule has 2 heterocycles. The van der Waals surface area contributed by atoms with Gasteiger partial charge in [-0.05, 0) is 39.0 Å². The molecule has 3 rings (SSSR count). The van der Waals surface area contributed by atoms with Crippen molar-refractivity contribution in [2.24, 2.45) is 0 Å². The lowest BCUT2D eigenvalue weighted by atomic mass is 10.2. The van der Waals surface area contributed by atoms with Gasteiger partial charge in [0.25, 0.3) is 0 Å². The van der Waals surface area contributed by atoms with Crippen molar-refractivity contribution in [1.29, 1.82) is 0 Å². The molecule has 8 heteroatoms. The Morgan fingerprint density at radius 3 is 2.40 bits per heavy atom. The molecule has 6 nitrogen and oxygen atoms in total. The van der Waals surface area contributed by atoms with E-state index in [0.29, 0.717) is 54.0 Å². The Morgan fingerprint density at radius 2 is 1.84 bits per heavy atom. The Kier molecular flexibility index (Phi) is 5.09. The highest BCUT2D eigenvalue weighted by molar-refractivity contribution is 7.89. The number of hydrogen-bond acceptors (Lipinski definition) is 4. The van der Waals surface area contributed by atoms with Crippen LogP contribution in [0.1, 0.15) is 18.3 Å². The van der Waals surface area contributed by atoms with Crippen LogP contribution in [0, 0.1) is 13.8 Å². The molecule has 1 aromatic heterocycles. The van der Waals surface area contributed by atoms with E-state index in [9.17, 15) is 8.42 Å². The highest BCUT2D eigenvalue weighted by Crippen LogP contribution is 2.26. The number of anilines is 1. The molecule has 1 aromatic carbocycles. The first-order valence-electron chi connectivity index (χ1n) is 8.39. The molecule has 0 N–H and O–H groups in total. The fourth-order valence-corrected chi connectivity index (χ4v) is 5.33. The summed E-state index contributed by atoms with van der Waals surface area (Å²) in [4.78, 5) is 2.51. The van der Waals surface area contributed by atoms with Gasteiger partial charge in [-0.3, -0.25) is 4.68 Å². The molecule has 0 spiro atoms. The first kappa shape index (κ1) is 18.2. The van der Waals surface area contributed by atoms with Gasteiger partial charge in [-0.25, -0.2) is 8.42 Å². The molecule has 136 valence electrons. The predicted octanol–water partition coefficient (Wildman–Crippen LogP) is 2.68. The van der Waals surface area contributed by atoms with Gasteiger partial charge in [0.05, 0.1) is 11.4 Å². The van der Waals surface area contributed by atoms with E-state index in [1.807, 2.05) is 38.1 Å². The third-order valence-electron chi connectivity index (χ3n) is 4.62. The third-order valence-corrected chi connectivity index (χ3v) is 7.01. The molecule has 0 radical (unpaired) electrons. The van der Waals surface area contributed by atoms with Gasteiger partial charge < -0.3 is 4.90 Å². The van der Waals surface area contributed by atoms with Crippen LogP contribution in [0.2, 0.25) is 5.02 Å². The Balaban J connectivity index is 1.79. The summed E-state index contributed by atoms with van der Waals surface area (Å²) >= 11 is 6.05. The number of hydrogen-bond donors (Lipinski definition) is 0. The smallest absolute Gasteiger partial charge is 0.246 e. The number of rotatable bonds is 4. The fourth-order valence-electron chi connectivity index (χ4n) is 3.35. The summed E-state index contributed by atoms with van der Waals surface area (Å²) in [5, 5.41) is 5.03. The fraction of sp³-hybridized carbons (Fsp3) is 0.471.